The maximum absolute atomic E-state index is 2.49. The summed E-state index contributed by atoms with van der Waals surface area (Å²) in [4.78, 5) is 0. The number of benzene rings is 7. The topological polar surface area (TPSA) is 0 Å². The molecule has 0 radical (unpaired) electrons. The van der Waals surface area contributed by atoms with Crippen LogP contribution >= 0.6 is 0 Å². The number of hydrogen-bond acceptors (Lipinski definition) is 0. The van der Waals surface area contributed by atoms with Crippen molar-refractivity contribution < 1.29 is 0 Å². The van der Waals surface area contributed by atoms with Gasteiger partial charge >= 0.3 is 0 Å². The van der Waals surface area contributed by atoms with E-state index in [4.69, 9.17) is 0 Å². The van der Waals surface area contributed by atoms with Gasteiger partial charge in [-0.1, -0.05) is 127 Å². The smallest absolute Gasteiger partial charge is 0.00232 e. The van der Waals surface area contributed by atoms with Crippen molar-refractivity contribution in [1.29, 1.82) is 0 Å². The van der Waals surface area contributed by atoms with Gasteiger partial charge in [0.05, 0.1) is 0 Å². The Balaban J connectivity index is 1.53. The van der Waals surface area contributed by atoms with Gasteiger partial charge in [0.1, 0.15) is 0 Å². The molecule has 0 atom stereocenters. The van der Waals surface area contributed by atoms with Crippen LogP contribution in [0.1, 0.15) is 17.5 Å². The lowest BCUT2D eigenvalue weighted by molar-refractivity contribution is 1.00. The molecule has 7 aromatic rings. The molecule has 0 unspecified atom stereocenters. The molecule has 0 nitrogen and oxygen atoms in total. The lowest BCUT2D eigenvalue weighted by Gasteiger charge is -2.21. The van der Waals surface area contributed by atoms with E-state index in [1.165, 1.54) is 76.5 Å². The predicted molar refractivity (Wildman–Crippen MR) is 165 cm³/mol. The molecule has 0 heteroatoms. The first kappa shape index (κ1) is 21.4. The second-order valence-corrected chi connectivity index (χ2v) is 10.3. The van der Waals surface area contributed by atoms with E-state index in [9.17, 15) is 0 Å². The summed E-state index contributed by atoms with van der Waals surface area (Å²) in [6.07, 6.45) is 6.85. The van der Waals surface area contributed by atoms with Crippen molar-refractivity contribution in [3.63, 3.8) is 0 Å². The fourth-order valence-electron chi connectivity index (χ4n) is 6.67. The zero-order valence-corrected chi connectivity index (χ0v) is 21.1. The lowest BCUT2D eigenvalue weighted by atomic mass is 9.82. The standard InChI is InChI=1S/C38H26/c1-2-14-26-25(12-1)13-11-23-27(26)28-15-3-5-18-31(28)36-24-37-32-19-6-4-16-29(32)30-17-7-9-21-34(30)38(37)35-22-10-8-20-33(35)36/h1-5,7-18,20-24H,6,19H2. The molecule has 0 aromatic heterocycles. The fraction of sp³-hybridized carbons (Fsp3) is 0.0526. The first-order valence-electron chi connectivity index (χ1n) is 13.5. The Hall–Kier alpha value is -4.68. The molecule has 0 saturated carbocycles. The minimum Gasteiger partial charge on any atom is -0.0836 e. The predicted octanol–water partition coefficient (Wildman–Crippen LogP) is 10.6. The Kier molecular flexibility index (Phi) is 4.75. The molecule has 0 fully saturated rings. The Morgan fingerprint density at radius 2 is 1.00 bits per heavy atom. The van der Waals surface area contributed by atoms with E-state index >= 15 is 0 Å². The summed E-state index contributed by atoms with van der Waals surface area (Å²) >= 11 is 0. The molecule has 0 spiro atoms. The summed E-state index contributed by atoms with van der Waals surface area (Å²) in [7, 11) is 0. The molecule has 0 N–H and O–H groups in total. The first-order valence-corrected chi connectivity index (χ1v) is 13.5. The molecule has 0 aliphatic heterocycles. The summed E-state index contributed by atoms with van der Waals surface area (Å²) in [5, 5.41) is 10.7. The van der Waals surface area contributed by atoms with E-state index in [0.717, 1.165) is 12.8 Å². The third-order valence-electron chi connectivity index (χ3n) is 8.32. The van der Waals surface area contributed by atoms with Gasteiger partial charge in [-0.05, 0) is 95.4 Å². The number of aryl methyl sites for hydroxylation is 1. The maximum Gasteiger partial charge on any atom is -0.00232 e. The van der Waals surface area contributed by atoms with E-state index < -0.39 is 0 Å². The molecule has 0 amide bonds. The monoisotopic (exact) mass is 482 g/mol. The molecule has 8 rings (SSSR count). The van der Waals surface area contributed by atoms with E-state index in [2.05, 4.69) is 133 Å². The highest BCUT2D eigenvalue weighted by Gasteiger charge is 2.20. The van der Waals surface area contributed by atoms with Crippen molar-refractivity contribution >= 4 is 49.2 Å². The van der Waals surface area contributed by atoms with E-state index in [1.54, 1.807) is 0 Å². The molecule has 0 bridgehead atoms. The second-order valence-electron chi connectivity index (χ2n) is 10.3. The number of rotatable bonds is 2. The van der Waals surface area contributed by atoms with Crippen LogP contribution in [0.2, 0.25) is 0 Å². The second kappa shape index (κ2) is 8.43. The third-order valence-corrected chi connectivity index (χ3v) is 8.32. The van der Waals surface area contributed by atoms with E-state index in [1.807, 2.05) is 0 Å². The van der Waals surface area contributed by atoms with Crippen LogP contribution < -0.4 is 0 Å². The SMILES string of the molecule is C1=Cc2c(c3cc(-c4ccccc4-c4cccc5ccccc45)c4ccccc4c3c3ccccc23)CC1. The van der Waals surface area contributed by atoms with Gasteiger partial charge in [0, 0.05) is 0 Å². The minimum atomic E-state index is 1.08. The number of hydrogen-bond donors (Lipinski definition) is 0. The van der Waals surface area contributed by atoms with Crippen molar-refractivity contribution in [2.45, 2.75) is 12.8 Å². The summed E-state index contributed by atoms with van der Waals surface area (Å²) < 4.78 is 0. The van der Waals surface area contributed by atoms with Gasteiger partial charge in [-0.2, -0.15) is 0 Å². The number of allylic oxidation sites excluding steroid dienone is 1. The zero-order chi connectivity index (χ0) is 25.1. The van der Waals surface area contributed by atoms with Crippen molar-refractivity contribution in [3.05, 3.63) is 139 Å². The Bertz CT molecular complexity index is 2070. The summed E-state index contributed by atoms with van der Waals surface area (Å²) in [6, 6.07) is 44.8. The Morgan fingerprint density at radius 3 is 1.82 bits per heavy atom. The maximum atomic E-state index is 2.49. The molecule has 0 saturated heterocycles. The van der Waals surface area contributed by atoms with Crippen molar-refractivity contribution in [1.82, 2.24) is 0 Å². The largest absolute Gasteiger partial charge is 0.0836 e. The quantitative estimate of drug-likeness (QED) is 0.215. The van der Waals surface area contributed by atoms with Crippen LogP contribution in [0.15, 0.2) is 127 Å². The van der Waals surface area contributed by atoms with Crippen LogP contribution in [0.5, 0.6) is 0 Å². The molecule has 0 heterocycles. The molecule has 38 heavy (non-hydrogen) atoms. The average molecular weight is 483 g/mol. The van der Waals surface area contributed by atoms with Gasteiger partial charge in [0.15, 0.2) is 0 Å². The minimum absolute atomic E-state index is 1.08. The third kappa shape index (κ3) is 3.10. The van der Waals surface area contributed by atoms with Gasteiger partial charge in [0.2, 0.25) is 0 Å². The molecular weight excluding hydrogens is 456 g/mol. The van der Waals surface area contributed by atoms with E-state index in [0.29, 0.717) is 0 Å². The average Bonchev–Trinajstić information content (AvgIpc) is 3.00. The van der Waals surface area contributed by atoms with Gasteiger partial charge in [-0.15, -0.1) is 0 Å². The summed E-state index contributed by atoms with van der Waals surface area (Å²) in [5.74, 6) is 0. The first-order chi connectivity index (χ1) is 18.9. The highest BCUT2D eigenvalue weighted by atomic mass is 14.2. The van der Waals surface area contributed by atoms with Crippen LogP contribution in [-0.2, 0) is 6.42 Å². The van der Waals surface area contributed by atoms with Crippen LogP contribution in [-0.4, -0.2) is 0 Å². The van der Waals surface area contributed by atoms with Crippen molar-refractivity contribution in [3.8, 4) is 22.3 Å². The zero-order valence-electron chi connectivity index (χ0n) is 21.1. The summed E-state index contributed by atoms with van der Waals surface area (Å²) in [6.45, 7) is 0. The normalized spacial score (nSPS) is 12.9. The van der Waals surface area contributed by atoms with Crippen molar-refractivity contribution in [2.75, 3.05) is 0 Å². The van der Waals surface area contributed by atoms with Gasteiger partial charge in [0.25, 0.3) is 0 Å². The van der Waals surface area contributed by atoms with E-state index in [-0.39, 0.29) is 0 Å². The molecule has 1 aliphatic carbocycles. The van der Waals surface area contributed by atoms with Crippen molar-refractivity contribution in [2.24, 2.45) is 0 Å². The molecular formula is C38H26. The van der Waals surface area contributed by atoms with Crippen LogP contribution in [0.25, 0.3) is 71.4 Å². The van der Waals surface area contributed by atoms with Crippen LogP contribution in [0, 0.1) is 0 Å². The molecule has 7 aromatic carbocycles. The van der Waals surface area contributed by atoms with Gasteiger partial charge in [-0.25, -0.2) is 0 Å². The number of fused-ring (bicyclic) bond motifs is 9. The Morgan fingerprint density at radius 1 is 0.421 bits per heavy atom. The molecule has 1 aliphatic rings. The highest BCUT2D eigenvalue weighted by Crippen LogP contribution is 2.45. The van der Waals surface area contributed by atoms with Gasteiger partial charge in [-0.3, -0.25) is 0 Å². The lowest BCUT2D eigenvalue weighted by Crippen LogP contribution is -1.99. The Labute approximate surface area is 222 Å². The molecule has 178 valence electrons. The highest BCUT2D eigenvalue weighted by molar-refractivity contribution is 6.26. The fourth-order valence-corrected chi connectivity index (χ4v) is 6.67. The van der Waals surface area contributed by atoms with Crippen LogP contribution in [0.4, 0.5) is 0 Å². The summed E-state index contributed by atoms with van der Waals surface area (Å²) in [5.41, 5.74) is 8.03. The van der Waals surface area contributed by atoms with Gasteiger partial charge < -0.3 is 0 Å². The van der Waals surface area contributed by atoms with Crippen LogP contribution in [0.3, 0.4) is 0 Å².